The molecule has 0 aliphatic heterocycles. The minimum atomic E-state index is -3.50. The fraction of sp³-hybridized carbons (Fsp3) is 0.111. The summed E-state index contributed by atoms with van der Waals surface area (Å²) in [5.74, 6) is 0. The van der Waals surface area contributed by atoms with Crippen molar-refractivity contribution in [3.63, 3.8) is 0 Å². The molecule has 5 heteroatoms. The van der Waals surface area contributed by atoms with Gasteiger partial charge in [0.2, 0.25) is 0 Å². The van der Waals surface area contributed by atoms with Gasteiger partial charge in [0.25, 0.3) is 10.1 Å². The minimum Gasteiger partial charge on any atom is -0.270 e. The van der Waals surface area contributed by atoms with Crippen LogP contribution in [0, 0.1) is 0 Å². The van der Waals surface area contributed by atoms with Crippen molar-refractivity contribution in [2.45, 2.75) is 0 Å². The predicted octanol–water partition coefficient (Wildman–Crippen LogP) is 1.25. The van der Waals surface area contributed by atoms with Gasteiger partial charge in [0.05, 0.1) is 12.5 Å². The molecule has 1 aromatic carbocycles. The van der Waals surface area contributed by atoms with Gasteiger partial charge in [-0.05, 0) is 11.6 Å². The third-order valence-corrected chi connectivity index (χ3v) is 2.39. The normalized spacial score (nSPS) is 11.2. The Labute approximate surface area is 106 Å². The fourth-order valence-corrected chi connectivity index (χ4v) is 1.22. The first-order valence-electron chi connectivity index (χ1n) is 3.68. The van der Waals surface area contributed by atoms with Crippen LogP contribution < -0.4 is 0 Å². The standard InChI is InChI=1S/C9H10O3S.Na/c1-12-13(10,11)8-7-9-5-3-2-4-6-9;/h2-8H,1H3;. The molecule has 0 unspecified atom stereocenters. The molecule has 0 bridgehead atoms. The van der Waals surface area contributed by atoms with E-state index in [0.717, 1.165) is 18.1 Å². The van der Waals surface area contributed by atoms with Gasteiger partial charge < -0.3 is 0 Å². The van der Waals surface area contributed by atoms with Crippen molar-refractivity contribution in [3.8, 4) is 0 Å². The van der Waals surface area contributed by atoms with E-state index < -0.39 is 10.1 Å². The smallest absolute Gasteiger partial charge is 0.270 e. The van der Waals surface area contributed by atoms with E-state index in [4.69, 9.17) is 0 Å². The third kappa shape index (κ3) is 4.93. The molecule has 0 fully saturated rings. The molecule has 0 aliphatic rings. The molecule has 0 amide bonds. The Morgan fingerprint density at radius 1 is 1.21 bits per heavy atom. The van der Waals surface area contributed by atoms with Gasteiger partial charge in [-0.3, -0.25) is 4.18 Å². The summed E-state index contributed by atoms with van der Waals surface area (Å²) in [5, 5.41) is 1.03. The Balaban J connectivity index is 0.00000169. The quantitative estimate of drug-likeness (QED) is 0.570. The van der Waals surface area contributed by atoms with Gasteiger partial charge >= 0.3 is 0 Å². The summed E-state index contributed by atoms with van der Waals surface area (Å²) in [6.45, 7) is 0. The topological polar surface area (TPSA) is 43.4 Å². The molecule has 14 heavy (non-hydrogen) atoms. The molecule has 71 valence electrons. The second-order valence-electron chi connectivity index (χ2n) is 2.37. The van der Waals surface area contributed by atoms with E-state index in [2.05, 4.69) is 4.18 Å². The first-order chi connectivity index (χ1) is 6.14. The van der Waals surface area contributed by atoms with Crippen LogP contribution in [0.2, 0.25) is 0 Å². The maximum atomic E-state index is 10.9. The zero-order valence-corrected chi connectivity index (χ0v) is 11.0. The van der Waals surface area contributed by atoms with Crippen LogP contribution in [0.4, 0.5) is 0 Å². The van der Waals surface area contributed by atoms with E-state index in [0.29, 0.717) is 0 Å². The second-order valence-corrected chi connectivity index (χ2v) is 3.96. The Morgan fingerprint density at radius 2 is 1.79 bits per heavy atom. The van der Waals surface area contributed by atoms with Crippen LogP contribution >= 0.6 is 0 Å². The van der Waals surface area contributed by atoms with Crippen molar-refractivity contribution in [2.75, 3.05) is 7.11 Å². The van der Waals surface area contributed by atoms with E-state index in [1.807, 2.05) is 30.3 Å². The summed E-state index contributed by atoms with van der Waals surface area (Å²) in [4.78, 5) is 0. The summed E-state index contributed by atoms with van der Waals surface area (Å²) in [7, 11) is -2.37. The van der Waals surface area contributed by atoms with E-state index in [-0.39, 0.29) is 29.6 Å². The molecule has 0 atom stereocenters. The average Bonchev–Trinajstić information content (AvgIpc) is 2.17. The summed E-state index contributed by atoms with van der Waals surface area (Å²) in [6.07, 6.45) is 1.48. The Kier molecular flexibility index (Phi) is 6.31. The molecule has 0 spiro atoms. The molecule has 0 aromatic heterocycles. The predicted molar refractivity (Wildman–Crippen MR) is 57.2 cm³/mol. The zero-order valence-electron chi connectivity index (χ0n) is 8.17. The monoisotopic (exact) mass is 221 g/mol. The number of benzene rings is 1. The number of hydrogen-bond acceptors (Lipinski definition) is 3. The van der Waals surface area contributed by atoms with E-state index in [1.165, 1.54) is 6.08 Å². The first kappa shape index (κ1) is 13.9. The van der Waals surface area contributed by atoms with Gasteiger partial charge in [-0.2, -0.15) is 8.42 Å². The molecule has 1 radical (unpaired) electrons. The van der Waals surface area contributed by atoms with Gasteiger partial charge in [-0.15, -0.1) is 0 Å². The molecular weight excluding hydrogens is 211 g/mol. The minimum absolute atomic E-state index is 0. The molecule has 3 nitrogen and oxygen atoms in total. The van der Waals surface area contributed by atoms with Gasteiger partial charge in [0, 0.05) is 29.6 Å². The maximum Gasteiger partial charge on any atom is 0.289 e. The SMILES string of the molecule is COS(=O)(=O)C=Cc1ccccc1.[Na]. The molecule has 0 saturated heterocycles. The molecule has 0 heterocycles. The average molecular weight is 221 g/mol. The summed E-state index contributed by atoms with van der Waals surface area (Å²) >= 11 is 0. The van der Waals surface area contributed by atoms with Crippen LogP contribution in [0.25, 0.3) is 6.08 Å². The largest absolute Gasteiger partial charge is 0.289 e. The van der Waals surface area contributed by atoms with E-state index in [1.54, 1.807) is 0 Å². The Morgan fingerprint density at radius 3 is 2.29 bits per heavy atom. The summed E-state index contributed by atoms with van der Waals surface area (Å²) in [6, 6.07) is 9.14. The van der Waals surface area contributed by atoms with Gasteiger partial charge in [-0.25, -0.2) is 0 Å². The van der Waals surface area contributed by atoms with Crippen LogP contribution in [-0.4, -0.2) is 45.1 Å². The van der Waals surface area contributed by atoms with Crippen molar-refractivity contribution >= 4 is 45.8 Å². The second kappa shape index (κ2) is 6.37. The van der Waals surface area contributed by atoms with Crippen molar-refractivity contribution in [1.29, 1.82) is 0 Å². The molecule has 0 saturated carbocycles. The third-order valence-electron chi connectivity index (χ3n) is 1.46. The van der Waals surface area contributed by atoms with E-state index >= 15 is 0 Å². The molecule has 0 N–H and O–H groups in total. The summed E-state index contributed by atoms with van der Waals surface area (Å²) < 4.78 is 26.0. The van der Waals surface area contributed by atoms with Crippen molar-refractivity contribution in [3.05, 3.63) is 41.3 Å². The van der Waals surface area contributed by atoms with Crippen molar-refractivity contribution < 1.29 is 12.6 Å². The molecular formula is C9H10NaO3S. The number of rotatable bonds is 3. The zero-order chi connectivity index (χ0) is 9.73. The first-order valence-corrected chi connectivity index (χ1v) is 5.15. The fourth-order valence-electron chi connectivity index (χ4n) is 0.782. The molecule has 1 rings (SSSR count). The van der Waals surface area contributed by atoms with Gasteiger partial charge in [0.15, 0.2) is 0 Å². The van der Waals surface area contributed by atoms with Gasteiger partial charge in [-0.1, -0.05) is 30.3 Å². The van der Waals surface area contributed by atoms with Crippen LogP contribution in [0.1, 0.15) is 5.56 Å². The van der Waals surface area contributed by atoms with E-state index in [9.17, 15) is 8.42 Å². The van der Waals surface area contributed by atoms with Crippen LogP contribution in [0.15, 0.2) is 35.7 Å². The van der Waals surface area contributed by atoms with Gasteiger partial charge in [0.1, 0.15) is 0 Å². The maximum absolute atomic E-state index is 10.9. The van der Waals surface area contributed by atoms with Crippen molar-refractivity contribution in [1.82, 2.24) is 0 Å². The molecule has 1 aromatic rings. The van der Waals surface area contributed by atoms with Crippen LogP contribution in [-0.2, 0) is 14.3 Å². The van der Waals surface area contributed by atoms with Crippen LogP contribution in [0.5, 0.6) is 0 Å². The Bertz CT molecular complexity index is 384. The number of hydrogen-bond donors (Lipinski definition) is 0. The summed E-state index contributed by atoms with van der Waals surface area (Å²) in [5.41, 5.74) is 0.822. The molecule has 0 aliphatic carbocycles. The van der Waals surface area contributed by atoms with Crippen molar-refractivity contribution in [2.24, 2.45) is 0 Å². The Hall–Kier alpha value is -0.130. The van der Waals surface area contributed by atoms with Crippen LogP contribution in [0.3, 0.4) is 0 Å².